The maximum atomic E-state index is 5.60. The van der Waals surface area contributed by atoms with Crippen LogP contribution in [0.1, 0.15) is 39.5 Å². The Balaban J connectivity index is 1.81. The van der Waals surface area contributed by atoms with E-state index in [4.69, 9.17) is 14.2 Å². The first-order valence-electron chi connectivity index (χ1n) is 7.09. The summed E-state index contributed by atoms with van der Waals surface area (Å²) in [7, 11) is 1.76. The maximum Gasteiger partial charge on any atom is 0.0809 e. The molecule has 1 atom stereocenters. The predicted octanol–water partition coefficient (Wildman–Crippen LogP) is 1.98. The van der Waals surface area contributed by atoms with Crippen LogP contribution in [0, 0.1) is 0 Å². The van der Waals surface area contributed by atoms with Gasteiger partial charge in [0.25, 0.3) is 0 Å². The van der Waals surface area contributed by atoms with Crippen LogP contribution in [0.4, 0.5) is 0 Å². The number of ether oxygens (including phenoxy) is 3. The van der Waals surface area contributed by atoms with Gasteiger partial charge in [-0.2, -0.15) is 0 Å². The molecule has 108 valence electrons. The van der Waals surface area contributed by atoms with Crippen molar-refractivity contribution in [2.45, 2.75) is 51.2 Å². The van der Waals surface area contributed by atoms with Crippen molar-refractivity contribution in [2.24, 2.45) is 0 Å². The highest BCUT2D eigenvalue weighted by Crippen LogP contribution is 2.12. The standard InChI is InChI=1S/C14H29NO3/c1-14(2,16-3)7-9-15-8-5-10-17-12-13-6-4-11-18-13/h13,15H,4-12H2,1-3H3. The molecule has 0 aromatic carbocycles. The molecular formula is C14H29NO3. The van der Waals surface area contributed by atoms with Crippen LogP contribution in [-0.4, -0.2) is 51.7 Å². The van der Waals surface area contributed by atoms with Crippen molar-refractivity contribution in [1.82, 2.24) is 5.32 Å². The lowest BCUT2D eigenvalue weighted by atomic mass is 10.1. The fourth-order valence-corrected chi connectivity index (χ4v) is 1.91. The van der Waals surface area contributed by atoms with Crippen LogP contribution in [0.25, 0.3) is 0 Å². The highest BCUT2D eigenvalue weighted by Gasteiger charge is 2.15. The first-order valence-corrected chi connectivity index (χ1v) is 7.09. The Labute approximate surface area is 111 Å². The van der Waals surface area contributed by atoms with Gasteiger partial charge in [-0.25, -0.2) is 0 Å². The maximum absolute atomic E-state index is 5.60. The zero-order chi connectivity index (χ0) is 13.3. The van der Waals surface area contributed by atoms with E-state index in [1.807, 2.05) is 0 Å². The Morgan fingerprint density at radius 3 is 2.83 bits per heavy atom. The molecule has 1 fully saturated rings. The SMILES string of the molecule is COC(C)(C)CCNCCCOCC1CCCO1. The lowest BCUT2D eigenvalue weighted by Crippen LogP contribution is -2.29. The quantitative estimate of drug-likeness (QED) is 0.609. The third kappa shape index (κ3) is 7.31. The fraction of sp³-hybridized carbons (Fsp3) is 1.00. The summed E-state index contributed by atoms with van der Waals surface area (Å²) in [4.78, 5) is 0. The van der Waals surface area contributed by atoms with Gasteiger partial charge in [0.15, 0.2) is 0 Å². The smallest absolute Gasteiger partial charge is 0.0809 e. The Bertz CT molecular complexity index is 203. The minimum atomic E-state index is -0.0245. The minimum Gasteiger partial charge on any atom is -0.379 e. The highest BCUT2D eigenvalue weighted by molar-refractivity contribution is 4.68. The van der Waals surface area contributed by atoms with Crippen LogP contribution < -0.4 is 5.32 Å². The molecule has 18 heavy (non-hydrogen) atoms. The van der Waals surface area contributed by atoms with Gasteiger partial charge in [0, 0.05) is 20.3 Å². The molecule has 1 unspecified atom stereocenters. The molecule has 0 saturated carbocycles. The van der Waals surface area contributed by atoms with Gasteiger partial charge in [-0.15, -0.1) is 0 Å². The van der Waals surface area contributed by atoms with E-state index in [1.165, 1.54) is 6.42 Å². The van der Waals surface area contributed by atoms with Crippen molar-refractivity contribution >= 4 is 0 Å². The van der Waals surface area contributed by atoms with Gasteiger partial charge in [0.2, 0.25) is 0 Å². The third-order valence-electron chi connectivity index (χ3n) is 3.43. The largest absolute Gasteiger partial charge is 0.379 e. The van der Waals surface area contributed by atoms with E-state index in [0.29, 0.717) is 6.10 Å². The zero-order valence-electron chi connectivity index (χ0n) is 12.2. The topological polar surface area (TPSA) is 39.7 Å². The zero-order valence-corrected chi connectivity index (χ0v) is 12.2. The van der Waals surface area contributed by atoms with Crippen molar-refractivity contribution in [1.29, 1.82) is 0 Å². The van der Waals surface area contributed by atoms with Crippen LogP contribution in [0.3, 0.4) is 0 Å². The van der Waals surface area contributed by atoms with Crippen molar-refractivity contribution in [3.8, 4) is 0 Å². The van der Waals surface area contributed by atoms with Crippen LogP contribution >= 0.6 is 0 Å². The number of nitrogens with one attached hydrogen (secondary N) is 1. The minimum absolute atomic E-state index is 0.0245. The van der Waals surface area contributed by atoms with Crippen molar-refractivity contribution < 1.29 is 14.2 Å². The van der Waals surface area contributed by atoms with Crippen LogP contribution in [0.5, 0.6) is 0 Å². The second-order valence-corrected chi connectivity index (χ2v) is 5.53. The predicted molar refractivity (Wildman–Crippen MR) is 73.0 cm³/mol. The second kappa shape index (κ2) is 8.86. The van der Waals surface area contributed by atoms with E-state index < -0.39 is 0 Å². The third-order valence-corrected chi connectivity index (χ3v) is 3.43. The summed E-state index contributed by atoms with van der Waals surface area (Å²) < 4.78 is 16.5. The van der Waals surface area contributed by atoms with Crippen LogP contribution in [0.2, 0.25) is 0 Å². The van der Waals surface area contributed by atoms with Gasteiger partial charge in [-0.3, -0.25) is 0 Å². The highest BCUT2D eigenvalue weighted by atomic mass is 16.5. The van der Waals surface area contributed by atoms with Gasteiger partial charge >= 0.3 is 0 Å². The average Bonchev–Trinajstić information content (AvgIpc) is 2.85. The Morgan fingerprint density at radius 1 is 1.33 bits per heavy atom. The molecule has 1 heterocycles. The van der Waals surface area contributed by atoms with E-state index in [0.717, 1.165) is 52.2 Å². The summed E-state index contributed by atoms with van der Waals surface area (Å²) in [5.74, 6) is 0. The molecule has 0 bridgehead atoms. The summed E-state index contributed by atoms with van der Waals surface area (Å²) in [6.07, 6.45) is 4.77. The lowest BCUT2D eigenvalue weighted by Gasteiger charge is -2.22. The van der Waals surface area contributed by atoms with E-state index in [9.17, 15) is 0 Å². The van der Waals surface area contributed by atoms with E-state index in [1.54, 1.807) is 7.11 Å². The van der Waals surface area contributed by atoms with Crippen molar-refractivity contribution in [3.63, 3.8) is 0 Å². The molecule has 4 nitrogen and oxygen atoms in total. The fourth-order valence-electron chi connectivity index (χ4n) is 1.91. The van der Waals surface area contributed by atoms with E-state index >= 15 is 0 Å². The second-order valence-electron chi connectivity index (χ2n) is 5.53. The summed E-state index contributed by atoms with van der Waals surface area (Å²) in [5, 5.41) is 3.41. The van der Waals surface area contributed by atoms with Gasteiger partial charge in [0.1, 0.15) is 0 Å². The van der Waals surface area contributed by atoms with Crippen LogP contribution in [-0.2, 0) is 14.2 Å². The first kappa shape index (κ1) is 15.9. The molecule has 0 aromatic rings. The summed E-state index contributed by atoms with van der Waals surface area (Å²) in [6.45, 7) is 8.71. The summed E-state index contributed by atoms with van der Waals surface area (Å²) >= 11 is 0. The van der Waals surface area contributed by atoms with E-state index in [2.05, 4.69) is 19.2 Å². The number of hydrogen-bond donors (Lipinski definition) is 1. The first-order chi connectivity index (χ1) is 8.64. The molecule has 0 aliphatic carbocycles. The Hall–Kier alpha value is -0.160. The molecule has 4 heteroatoms. The van der Waals surface area contributed by atoms with Gasteiger partial charge in [-0.05, 0) is 52.6 Å². The van der Waals surface area contributed by atoms with Crippen molar-refractivity contribution in [2.75, 3.05) is 40.0 Å². The molecule has 1 saturated heterocycles. The monoisotopic (exact) mass is 259 g/mol. The molecule has 0 amide bonds. The molecule has 0 aromatic heterocycles. The van der Waals surface area contributed by atoms with Crippen molar-refractivity contribution in [3.05, 3.63) is 0 Å². The molecular weight excluding hydrogens is 230 g/mol. The van der Waals surface area contributed by atoms with Gasteiger partial charge < -0.3 is 19.5 Å². The number of methoxy groups -OCH3 is 1. The molecule has 0 spiro atoms. The Kier molecular flexibility index (Phi) is 7.82. The summed E-state index contributed by atoms with van der Waals surface area (Å²) in [6, 6.07) is 0. The molecule has 1 aliphatic rings. The lowest BCUT2D eigenvalue weighted by molar-refractivity contribution is 0.0135. The number of rotatable bonds is 10. The normalized spacial score (nSPS) is 20.5. The number of hydrogen-bond acceptors (Lipinski definition) is 4. The van der Waals surface area contributed by atoms with Gasteiger partial charge in [0.05, 0.1) is 18.3 Å². The Morgan fingerprint density at radius 2 is 2.17 bits per heavy atom. The molecule has 1 aliphatic heterocycles. The molecule has 1 N–H and O–H groups in total. The molecule has 0 radical (unpaired) electrons. The molecule has 1 rings (SSSR count). The van der Waals surface area contributed by atoms with E-state index in [-0.39, 0.29) is 5.60 Å². The summed E-state index contributed by atoms with van der Waals surface area (Å²) in [5.41, 5.74) is -0.0245. The van der Waals surface area contributed by atoms with Crippen LogP contribution in [0.15, 0.2) is 0 Å². The average molecular weight is 259 g/mol. The van der Waals surface area contributed by atoms with Gasteiger partial charge in [-0.1, -0.05) is 0 Å².